The molecular weight excluding hydrogens is 120 g/mol. The van der Waals surface area contributed by atoms with E-state index >= 15 is 0 Å². The molecule has 0 fully saturated rings. The predicted octanol–water partition coefficient (Wildman–Crippen LogP) is -1.39. The molecule has 0 spiro atoms. The number of nitrogens with two attached hydrogens (primary N) is 2. The van der Waals surface area contributed by atoms with Crippen molar-refractivity contribution in [2.75, 3.05) is 13.1 Å². The zero-order chi connectivity index (χ0) is 7.70. The fraction of sp³-hybridized carbons (Fsp3) is 1.00. The highest BCUT2D eigenvalue weighted by molar-refractivity contribution is 4.26. The van der Waals surface area contributed by atoms with Crippen molar-refractivity contribution in [3.05, 3.63) is 0 Å². The lowest BCUT2D eigenvalue weighted by atomic mass is 10.5. The SMILES string of the molecule is CCC(O)O.NCCN. The molecule has 0 aliphatic carbocycles. The number of hydrogen-bond acceptors (Lipinski definition) is 4. The van der Waals surface area contributed by atoms with Crippen molar-refractivity contribution in [2.24, 2.45) is 11.5 Å². The van der Waals surface area contributed by atoms with Gasteiger partial charge in [-0.2, -0.15) is 0 Å². The molecule has 0 saturated heterocycles. The van der Waals surface area contributed by atoms with Gasteiger partial charge in [0.05, 0.1) is 0 Å². The molecule has 0 unspecified atom stereocenters. The molecule has 0 aliphatic rings. The van der Waals surface area contributed by atoms with E-state index in [0.717, 1.165) is 0 Å². The third-order valence-electron chi connectivity index (χ3n) is 0.532. The van der Waals surface area contributed by atoms with Crippen LogP contribution in [-0.4, -0.2) is 29.6 Å². The van der Waals surface area contributed by atoms with Crippen molar-refractivity contribution >= 4 is 0 Å². The van der Waals surface area contributed by atoms with Gasteiger partial charge < -0.3 is 21.7 Å². The molecule has 0 amide bonds. The summed E-state index contributed by atoms with van der Waals surface area (Å²) >= 11 is 0. The van der Waals surface area contributed by atoms with E-state index in [1.165, 1.54) is 0 Å². The fourth-order valence-corrected chi connectivity index (χ4v) is 0. The summed E-state index contributed by atoms with van der Waals surface area (Å²) in [5, 5.41) is 15.8. The second kappa shape index (κ2) is 10.8. The summed E-state index contributed by atoms with van der Waals surface area (Å²) in [6, 6.07) is 0. The summed E-state index contributed by atoms with van der Waals surface area (Å²) < 4.78 is 0. The molecule has 0 radical (unpaired) electrons. The van der Waals surface area contributed by atoms with Gasteiger partial charge in [-0.15, -0.1) is 0 Å². The van der Waals surface area contributed by atoms with E-state index in [4.69, 9.17) is 21.7 Å². The van der Waals surface area contributed by atoms with Crippen LogP contribution in [-0.2, 0) is 0 Å². The monoisotopic (exact) mass is 136 g/mol. The standard InChI is InChI=1S/C3H8O2.C2H8N2/c1-2-3(4)5;3-1-2-4/h3-5H,2H2,1H3;1-4H2. The smallest absolute Gasteiger partial charge is 0.151 e. The minimum Gasteiger partial charge on any atom is -0.368 e. The molecular formula is C5H16N2O2. The zero-order valence-electron chi connectivity index (χ0n) is 5.75. The summed E-state index contributed by atoms with van der Waals surface area (Å²) in [6.07, 6.45) is -0.699. The molecule has 0 aliphatic heterocycles. The average Bonchev–Trinajstić information content (AvgIpc) is 1.89. The van der Waals surface area contributed by atoms with Gasteiger partial charge in [0.1, 0.15) is 0 Å². The number of aliphatic hydroxyl groups excluding tert-OH is 1. The average molecular weight is 136 g/mol. The Bertz CT molecular complexity index is 39.9. The van der Waals surface area contributed by atoms with Crippen LogP contribution in [0.3, 0.4) is 0 Å². The topological polar surface area (TPSA) is 92.5 Å². The summed E-state index contributed by atoms with van der Waals surface area (Å²) in [5.74, 6) is 0. The maximum absolute atomic E-state index is 7.92. The molecule has 4 nitrogen and oxygen atoms in total. The lowest BCUT2D eigenvalue weighted by Gasteiger charge is -1.90. The van der Waals surface area contributed by atoms with Gasteiger partial charge in [0, 0.05) is 13.1 Å². The molecule has 6 N–H and O–H groups in total. The number of rotatable bonds is 2. The van der Waals surface area contributed by atoms with Crippen molar-refractivity contribution in [2.45, 2.75) is 19.6 Å². The van der Waals surface area contributed by atoms with Gasteiger partial charge >= 0.3 is 0 Å². The van der Waals surface area contributed by atoms with Crippen LogP contribution in [0.1, 0.15) is 13.3 Å². The highest BCUT2D eigenvalue weighted by Gasteiger charge is 1.83. The summed E-state index contributed by atoms with van der Waals surface area (Å²) in [7, 11) is 0. The molecule has 0 aromatic heterocycles. The van der Waals surface area contributed by atoms with Crippen LogP contribution in [0.15, 0.2) is 0 Å². The van der Waals surface area contributed by atoms with Gasteiger partial charge in [-0.1, -0.05) is 6.92 Å². The quantitative estimate of drug-likeness (QED) is 0.352. The van der Waals surface area contributed by atoms with E-state index in [0.29, 0.717) is 19.5 Å². The van der Waals surface area contributed by atoms with Crippen LogP contribution >= 0.6 is 0 Å². The summed E-state index contributed by atoms with van der Waals surface area (Å²) in [5.41, 5.74) is 9.81. The molecule has 4 heteroatoms. The van der Waals surface area contributed by atoms with Crippen LogP contribution in [0.4, 0.5) is 0 Å². The molecule has 58 valence electrons. The Labute approximate surface area is 55.5 Å². The molecule has 0 aromatic carbocycles. The van der Waals surface area contributed by atoms with E-state index in [-0.39, 0.29) is 0 Å². The Balaban J connectivity index is 0. The molecule has 9 heavy (non-hydrogen) atoms. The van der Waals surface area contributed by atoms with Crippen LogP contribution in [0.2, 0.25) is 0 Å². The second-order valence-electron chi connectivity index (χ2n) is 1.47. The maximum atomic E-state index is 7.92. The highest BCUT2D eigenvalue weighted by atomic mass is 16.5. The van der Waals surface area contributed by atoms with Crippen LogP contribution < -0.4 is 11.5 Å². The Morgan fingerprint density at radius 3 is 1.44 bits per heavy atom. The Morgan fingerprint density at radius 2 is 1.44 bits per heavy atom. The normalized spacial score (nSPS) is 8.67. The first-order valence-electron chi connectivity index (χ1n) is 2.95. The van der Waals surface area contributed by atoms with Gasteiger partial charge in [-0.05, 0) is 6.42 Å². The Kier molecular flexibility index (Phi) is 13.9. The lowest BCUT2D eigenvalue weighted by Crippen LogP contribution is -2.11. The van der Waals surface area contributed by atoms with E-state index in [9.17, 15) is 0 Å². The Morgan fingerprint density at radius 1 is 1.22 bits per heavy atom. The minimum atomic E-state index is -1.12. The fourth-order valence-electron chi connectivity index (χ4n) is 0. The van der Waals surface area contributed by atoms with Crippen LogP contribution in [0.25, 0.3) is 0 Å². The zero-order valence-corrected chi connectivity index (χ0v) is 5.75. The molecule has 0 rings (SSSR count). The molecule has 0 heterocycles. The molecule has 0 bridgehead atoms. The maximum Gasteiger partial charge on any atom is 0.151 e. The van der Waals surface area contributed by atoms with Crippen molar-refractivity contribution in [1.82, 2.24) is 0 Å². The lowest BCUT2D eigenvalue weighted by molar-refractivity contribution is -0.0413. The van der Waals surface area contributed by atoms with Crippen molar-refractivity contribution in [3.8, 4) is 0 Å². The number of aliphatic hydroxyl groups is 2. The molecule has 0 saturated carbocycles. The second-order valence-corrected chi connectivity index (χ2v) is 1.47. The van der Waals surface area contributed by atoms with Crippen molar-refractivity contribution < 1.29 is 10.2 Å². The molecule has 0 atom stereocenters. The van der Waals surface area contributed by atoms with Gasteiger partial charge in [0.25, 0.3) is 0 Å². The minimum absolute atomic E-state index is 0.417. The van der Waals surface area contributed by atoms with Gasteiger partial charge in [-0.3, -0.25) is 0 Å². The van der Waals surface area contributed by atoms with E-state index < -0.39 is 6.29 Å². The highest BCUT2D eigenvalue weighted by Crippen LogP contribution is 1.77. The first-order chi connectivity index (χ1) is 4.18. The van der Waals surface area contributed by atoms with Crippen molar-refractivity contribution in [1.29, 1.82) is 0 Å². The molecule has 0 aromatic rings. The van der Waals surface area contributed by atoms with Gasteiger partial charge in [-0.25, -0.2) is 0 Å². The summed E-state index contributed by atoms with van der Waals surface area (Å²) in [6.45, 7) is 2.89. The van der Waals surface area contributed by atoms with E-state index in [2.05, 4.69) is 0 Å². The van der Waals surface area contributed by atoms with E-state index in [1.807, 2.05) is 0 Å². The first-order valence-corrected chi connectivity index (χ1v) is 2.95. The number of hydrogen-bond donors (Lipinski definition) is 4. The largest absolute Gasteiger partial charge is 0.368 e. The van der Waals surface area contributed by atoms with Crippen LogP contribution in [0, 0.1) is 0 Å². The van der Waals surface area contributed by atoms with Gasteiger partial charge in [0.2, 0.25) is 0 Å². The summed E-state index contributed by atoms with van der Waals surface area (Å²) in [4.78, 5) is 0. The van der Waals surface area contributed by atoms with E-state index in [1.54, 1.807) is 6.92 Å². The predicted molar refractivity (Wildman–Crippen MR) is 36.6 cm³/mol. The van der Waals surface area contributed by atoms with Gasteiger partial charge in [0.15, 0.2) is 6.29 Å². The van der Waals surface area contributed by atoms with Crippen molar-refractivity contribution in [3.63, 3.8) is 0 Å². The van der Waals surface area contributed by atoms with Crippen LogP contribution in [0.5, 0.6) is 0 Å². The first kappa shape index (κ1) is 11.6. The third kappa shape index (κ3) is 33.2. The third-order valence-corrected chi connectivity index (χ3v) is 0.532. The Hall–Kier alpha value is -0.160.